The van der Waals surface area contributed by atoms with Crippen molar-refractivity contribution in [2.45, 2.75) is 76.6 Å². The third-order valence-electron chi connectivity index (χ3n) is 9.89. The minimum atomic E-state index is -0.971. The fraction of sp³-hybridized carbons (Fsp3) is 0.500. The molecule has 5 heterocycles. The number of benzene rings is 2. The summed E-state index contributed by atoms with van der Waals surface area (Å²) in [4.78, 5) is 18.1. The minimum Gasteiger partial charge on any atom is -0.508 e. The van der Waals surface area contributed by atoms with E-state index < -0.39 is 28.9 Å². The van der Waals surface area contributed by atoms with Crippen molar-refractivity contribution in [1.29, 1.82) is 0 Å². The topological polar surface area (TPSA) is 94.8 Å². The molecule has 3 aliphatic heterocycles. The minimum absolute atomic E-state index is 0.0239. The van der Waals surface area contributed by atoms with E-state index >= 15 is 4.39 Å². The van der Waals surface area contributed by atoms with E-state index in [1.54, 1.807) is 19.9 Å². The van der Waals surface area contributed by atoms with Crippen molar-refractivity contribution < 1.29 is 28.1 Å². The van der Waals surface area contributed by atoms with Crippen molar-refractivity contribution in [3.05, 3.63) is 47.2 Å². The molecule has 3 fully saturated rings. The van der Waals surface area contributed by atoms with Crippen molar-refractivity contribution in [1.82, 2.24) is 19.9 Å². The molecule has 2 aromatic heterocycles. The molecule has 0 radical (unpaired) electrons. The van der Waals surface area contributed by atoms with Gasteiger partial charge in [0.25, 0.3) is 0 Å². The number of aliphatic hydroxyl groups is 1. The van der Waals surface area contributed by atoms with Gasteiger partial charge in [0.2, 0.25) is 0 Å². The van der Waals surface area contributed by atoms with Gasteiger partial charge < -0.3 is 19.8 Å². The zero-order valence-electron chi connectivity index (χ0n) is 25.8. The number of piperidine rings is 1. The number of hydrogen-bond acceptors (Lipinski definition) is 8. The van der Waals surface area contributed by atoms with Crippen LogP contribution in [0.4, 0.5) is 19.0 Å². The van der Waals surface area contributed by atoms with Crippen LogP contribution in [0.3, 0.4) is 0 Å². The van der Waals surface area contributed by atoms with Gasteiger partial charge in [-0.15, -0.1) is 0 Å². The molecule has 0 aliphatic carbocycles. The fourth-order valence-electron chi connectivity index (χ4n) is 7.86. The second-order valence-electron chi connectivity index (χ2n) is 13.3. The third-order valence-corrected chi connectivity index (χ3v) is 9.89. The van der Waals surface area contributed by atoms with Gasteiger partial charge in [-0.3, -0.25) is 4.90 Å². The Morgan fingerprint density at radius 3 is 2.64 bits per heavy atom. The number of aromatic hydroxyl groups is 1. The smallest absolute Gasteiger partial charge is 0.319 e. The summed E-state index contributed by atoms with van der Waals surface area (Å²) in [7, 11) is 0. The second-order valence-corrected chi connectivity index (χ2v) is 13.3. The molecule has 8 nitrogen and oxygen atoms in total. The van der Waals surface area contributed by atoms with Crippen LogP contribution >= 0.6 is 0 Å². The fourth-order valence-corrected chi connectivity index (χ4v) is 7.86. The normalized spacial score (nSPS) is 25.4. The average Bonchev–Trinajstić information content (AvgIpc) is 3.52. The Morgan fingerprint density at radius 2 is 1.87 bits per heavy atom. The van der Waals surface area contributed by atoms with Gasteiger partial charge in [-0.05, 0) is 87.0 Å². The van der Waals surface area contributed by atoms with E-state index in [0.29, 0.717) is 72.0 Å². The number of halogens is 3. The standard InChI is InChI=1S/C34H38F3N5O3/c1-4-23-25(36)8-7-20-13-22(43)14-24(27(20)23)29-28(37)30-26(19(2)38-29)31(41-11-5-9-33(3,44)17-41)40-32(39-30)45-18-34-10-6-12-42(34)16-21(35)15-34/h7-8,13-14,21,43-44H,4-6,9-12,15-18H2,1-3H3/t21-,33?,34+/m1/s1. The van der Waals surface area contributed by atoms with E-state index in [1.165, 1.54) is 18.2 Å². The van der Waals surface area contributed by atoms with E-state index in [0.717, 1.165) is 19.4 Å². The number of ether oxygens (including phenoxy) is 1. The van der Waals surface area contributed by atoms with Crippen LogP contribution < -0.4 is 9.64 Å². The molecular formula is C34H38F3N5O3. The van der Waals surface area contributed by atoms with Crippen molar-refractivity contribution in [2.24, 2.45) is 0 Å². The SMILES string of the molecule is CCc1c(F)ccc2cc(O)cc(-c3nc(C)c4c(N5CCCC(C)(O)C5)nc(OC[C@@]56CCCN5C[C@H](F)C6)nc4c3F)c12. The van der Waals surface area contributed by atoms with Gasteiger partial charge in [-0.2, -0.15) is 9.97 Å². The molecule has 2 aromatic carbocycles. The van der Waals surface area contributed by atoms with Crippen LogP contribution in [0, 0.1) is 18.6 Å². The monoisotopic (exact) mass is 621 g/mol. The lowest BCUT2D eigenvalue weighted by Crippen LogP contribution is -2.46. The van der Waals surface area contributed by atoms with Crippen LogP contribution in [0.15, 0.2) is 24.3 Å². The molecule has 3 atom stereocenters. The molecular weight excluding hydrogens is 583 g/mol. The summed E-state index contributed by atoms with van der Waals surface area (Å²) in [6.45, 7) is 7.53. The van der Waals surface area contributed by atoms with Gasteiger partial charge >= 0.3 is 6.01 Å². The third kappa shape index (κ3) is 5.13. The molecule has 0 spiro atoms. The average molecular weight is 622 g/mol. The molecule has 45 heavy (non-hydrogen) atoms. The lowest BCUT2D eigenvalue weighted by Gasteiger charge is -2.38. The molecule has 2 N–H and O–H groups in total. The van der Waals surface area contributed by atoms with E-state index in [-0.39, 0.29) is 41.7 Å². The number of pyridine rings is 1. The number of aromatic nitrogens is 3. The largest absolute Gasteiger partial charge is 0.508 e. The molecule has 0 saturated carbocycles. The molecule has 0 amide bonds. The molecule has 1 unspecified atom stereocenters. The van der Waals surface area contributed by atoms with E-state index in [4.69, 9.17) is 9.72 Å². The first-order chi connectivity index (χ1) is 21.5. The number of alkyl halides is 1. The van der Waals surface area contributed by atoms with Crippen molar-refractivity contribution in [2.75, 3.05) is 37.7 Å². The number of anilines is 1. The van der Waals surface area contributed by atoms with Crippen LogP contribution in [-0.4, -0.2) is 80.2 Å². The Hall–Kier alpha value is -3.70. The molecule has 3 aliphatic rings. The van der Waals surface area contributed by atoms with Crippen LogP contribution in [0.5, 0.6) is 11.8 Å². The number of phenolic OH excluding ortho intramolecular Hbond substituents is 1. The summed E-state index contributed by atoms with van der Waals surface area (Å²) in [5.74, 6) is -0.871. The maximum absolute atomic E-state index is 16.9. The van der Waals surface area contributed by atoms with Crippen LogP contribution in [0.1, 0.15) is 57.2 Å². The number of hydrogen-bond donors (Lipinski definition) is 2. The van der Waals surface area contributed by atoms with Crippen molar-refractivity contribution in [3.63, 3.8) is 0 Å². The van der Waals surface area contributed by atoms with Crippen molar-refractivity contribution in [3.8, 4) is 23.0 Å². The lowest BCUT2D eigenvalue weighted by molar-refractivity contribution is 0.0447. The molecule has 11 heteroatoms. The lowest BCUT2D eigenvalue weighted by atomic mass is 9.93. The van der Waals surface area contributed by atoms with E-state index in [2.05, 4.69) is 14.9 Å². The van der Waals surface area contributed by atoms with Crippen molar-refractivity contribution >= 4 is 27.5 Å². The molecule has 7 rings (SSSR count). The van der Waals surface area contributed by atoms with Crippen LogP contribution in [0.25, 0.3) is 32.9 Å². The summed E-state index contributed by atoms with van der Waals surface area (Å²) in [5.41, 5.74) is -0.425. The van der Waals surface area contributed by atoms with Gasteiger partial charge in [0.15, 0.2) is 5.82 Å². The maximum atomic E-state index is 16.9. The van der Waals surface area contributed by atoms with E-state index in [9.17, 15) is 19.0 Å². The predicted molar refractivity (Wildman–Crippen MR) is 167 cm³/mol. The summed E-state index contributed by atoms with van der Waals surface area (Å²) >= 11 is 0. The number of aryl methyl sites for hydroxylation is 2. The molecule has 238 valence electrons. The van der Waals surface area contributed by atoms with Gasteiger partial charge in [-0.1, -0.05) is 13.0 Å². The Balaban J connectivity index is 1.41. The number of fused-ring (bicyclic) bond motifs is 3. The molecule has 4 aromatic rings. The highest BCUT2D eigenvalue weighted by Gasteiger charge is 2.49. The Bertz CT molecular complexity index is 1820. The maximum Gasteiger partial charge on any atom is 0.319 e. The van der Waals surface area contributed by atoms with Crippen LogP contribution in [-0.2, 0) is 6.42 Å². The van der Waals surface area contributed by atoms with E-state index in [1.807, 2.05) is 11.8 Å². The summed E-state index contributed by atoms with van der Waals surface area (Å²) in [6, 6.07) is 5.79. The predicted octanol–water partition coefficient (Wildman–Crippen LogP) is 6.01. The highest BCUT2D eigenvalue weighted by Crippen LogP contribution is 2.42. The summed E-state index contributed by atoms with van der Waals surface area (Å²) in [5, 5.41) is 23.0. The van der Waals surface area contributed by atoms with Crippen LogP contribution in [0.2, 0.25) is 0 Å². The van der Waals surface area contributed by atoms with Gasteiger partial charge in [-0.25, -0.2) is 18.2 Å². The first kappa shape index (κ1) is 30.0. The Morgan fingerprint density at radius 1 is 1.07 bits per heavy atom. The Kier molecular flexibility index (Phi) is 7.31. The zero-order valence-corrected chi connectivity index (χ0v) is 25.8. The molecule has 0 bridgehead atoms. The second kappa shape index (κ2) is 11.0. The number of phenols is 1. The zero-order chi connectivity index (χ0) is 31.7. The highest BCUT2D eigenvalue weighted by molar-refractivity contribution is 6.02. The van der Waals surface area contributed by atoms with Gasteiger partial charge in [0, 0.05) is 31.6 Å². The van der Waals surface area contributed by atoms with Gasteiger partial charge in [0.1, 0.15) is 41.4 Å². The summed E-state index contributed by atoms with van der Waals surface area (Å²) in [6.07, 6.45) is 2.86. The highest BCUT2D eigenvalue weighted by atomic mass is 19.1. The van der Waals surface area contributed by atoms with Gasteiger partial charge in [0.05, 0.1) is 22.2 Å². The number of rotatable bonds is 6. The first-order valence-corrected chi connectivity index (χ1v) is 15.8. The Labute approximate surface area is 259 Å². The first-order valence-electron chi connectivity index (χ1n) is 15.8. The summed E-state index contributed by atoms with van der Waals surface area (Å²) < 4.78 is 52.6. The quantitative estimate of drug-likeness (QED) is 0.271. The number of nitrogens with zero attached hydrogens (tertiary/aromatic N) is 5. The molecule has 3 saturated heterocycles. The number of β-amino-alcohol motifs (C(OH)–C–C–N with tert-alkyl or cyclic N) is 1.